The Kier molecular flexibility index (Phi) is 5.57. The van der Waals surface area contributed by atoms with Crippen molar-refractivity contribution in [2.24, 2.45) is 0 Å². The fourth-order valence-electron chi connectivity index (χ4n) is 2.20. The van der Waals surface area contributed by atoms with Gasteiger partial charge in [-0.25, -0.2) is 9.97 Å². The van der Waals surface area contributed by atoms with Crippen molar-refractivity contribution in [2.45, 2.75) is 0 Å². The standard InChI is InChI=1S/C20H18N4O2/c1-2-13-21-19(25)17-12-14-22-20(24-17)23-16-10-6-7-11-18(16)26-15-8-4-3-5-9-15/h2-12,14H,1,13H2,(H,21,25)(H,22,23,24). The summed E-state index contributed by atoms with van der Waals surface area (Å²) in [5, 5.41) is 5.78. The second-order valence-electron chi connectivity index (χ2n) is 5.30. The molecular formula is C20H18N4O2. The van der Waals surface area contributed by atoms with Crippen LogP contribution in [0.4, 0.5) is 11.6 Å². The van der Waals surface area contributed by atoms with Crippen molar-refractivity contribution < 1.29 is 9.53 Å². The van der Waals surface area contributed by atoms with Crippen molar-refractivity contribution >= 4 is 17.5 Å². The number of anilines is 2. The zero-order valence-corrected chi connectivity index (χ0v) is 14.1. The van der Waals surface area contributed by atoms with Gasteiger partial charge in [-0.3, -0.25) is 4.79 Å². The number of nitrogens with one attached hydrogen (secondary N) is 2. The van der Waals surface area contributed by atoms with E-state index in [4.69, 9.17) is 4.74 Å². The third-order valence-electron chi connectivity index (χ3n) is 3.40. The molecule has 0 saturated carbocycles. The van der Waals surface area contributed by atoms with Crippen LogP contribution in [0.2, 0.25) is 0 Å². The molecule has 0 saturated heterocycles. The summed E-state index contributed by atoms with van der Waals surface area (Å²) >= 11 is 0. The van der Waals surface area contributed by atoms with Crippen LogP contribution in [-0.4, -0.2) is 22.4 Å². The SMILES string of the molecule is C=CCNC(=O)c1ccnc(Nc2ccccc2Oc2ccccc2)n1. The number of hydrogen-bond acceptors (Lipinski definition) is 5. The molecule has 0 fully saturated rings. The lowest BCUT2D eigenvalue weighted by Gasteiger charge is -2.12. The number of ether oxygens (including phenoxy) is 1. The molecule has 0 bridgehead atoms. The van der Waals surface area contributed by atoms with Crippen LogP contribution in [0.3, 0.4) is 0 Å². The quantitative estimate of drug-likeness (QED) is 0.634. The highest BCUT2D eigenvalue weighted by Gasteiger charge is 2.10. The van der Waals surface area contributed by atoms with E-state index in [2.05, 4.69) is 27.2 Å². The maximum absolute atomic E-state index is 12.0. The predicted molar refractivity (Wildman–Crippen MR) is 101 cm³/mol. The highest BCUT2D eigenvalue weighted by Crippen LogP contribution is 2.30. The third-order valence-corrected chi connectivity index (χ3v) is 3.40. The average molecular weight is 346 g/mol. The molecule has 26 heavy (non-hydrogen) atoms. The Morgan fingerprint density at radius 3 is 2.65 bits per heavy atom. The van der Waals surface area contributed by atoms with E-state index in [1.807, 2.05) is 54.6 Å². The molecule has 0 atom stereocenters. The lowest BCUT2D eigenvalue weighted by atomic mass is 10.3. The second-order valence-corrected chi connectivity index (χ2v) is 5.30. The van der Waals surface area contributed by atoms with E-state index < -0.39 is 0 Å². The first-order valence-electron chi connectivity index (χ1n) is 8.07. The van der Waals surface area contributed by atoms with Crippen LogP contribution in [0.5, 0.6) is 11.5 Å². The first-order valence-corrected chi connectivity index (χ1v) is 8.07. The van der Waals surface area contributed by atoms with Crippen LogP contribution in [-0.2, 0) is 0 Å². The number of hydrogen-bond donors (Lipinski definition) is 2. The minimum atomic E-state index is -0.288. The molecule has 1 heterocycles. The van der Waals surface area contributed by atoms with E-state index in [-0.39, 0.29) is 11.6 Å². The maximum Gasteiger partial charge on any atom is 0.270 e. The van der Waals surface area contributed by atoms with Crippen LogP contribution < -0.4 is 15.4 Å². The summed E-state index contributed by atoms with van der Waals surface area (Å²) in [4.78, 5) is 20.4. The topological polar surface area (TPSA) is 76.1 Å². The Balaban J connectivity index is 1.79. The van der Waals surface area contributed by atoms with E-state index in [0.29, 0.717) is 23.9 Å². The summed E-state index contributed by atoms with van der Waals surface area (Å²) in [6, 6.07) is 18.5. The number of carbonyl (C=O) groups excluding carboxylic acids is 1. The molecule has 0 spiro atoms. The number of aromatic nitrogens is 2. The number of para-hydroxylation sites is 3. The van der Waals surface area contributed by atoms with Gasteiger partial charge in [-0.2, -0.15) is 0 Å². The molecule has 1 amide bonds. The van der Waals surface area contributed by atoms with Crippen molar-refractivity contribution in [1.29, 1.82) is 0 Å². The number of nitrogens with zero attached hydrogens (tertiary/aromatic N) is 2. The molecular weight excluding hydrogens is 328 g/mol. The van der Waals surface area contributed by atoms with Crippen molar-refractivity contribution in [3.63, 3.8) is 0 Å². The molecule has 2 N–H and O–H groups in total. The van der Waals surface area contributed by atoms with Crippen LogP contribution >= 0.6 is 0 Å². The second kappa shape index (κ2) is 8.43. The molecule has 6 heteroatoms. The van der Waals surface area contributed by atoms with E-state index in [1.165, 1.54) is 6.20 Å². The fourth-order valence-corrected chi connectivity index (χ4v) is 2.20. The smallest absolute Gasteiger partial charge is 0.270 e. The molecule has 0 aliphatic carbocycles. The third kappa shape index (κ3) is 4.45. The fraction of sp³-hybridized carbons (Fsp3) is 0.0500. The molecule has 3 rings (SSSR count). The minimum absolute atomic E-state index is 0.269. The molecule has 1 aromatic heterocycles. The summed E-state index contributed by atoms with van der Waals surface area (Å²) in [6.45, 7) is 3.94. The molecule has 0 aliphatic rings. The Labute approximate surface area is 151 Å². The predicted octanol–water partition coefficient (Wildman–Crippen LogP) is 3.93. The highest BCUT2D eigenvalue weighted by molar-refractivity contribution is 5.92. The van der Waals surface area contributed by atoms with Gasteiger partial charge in [0.2, 0.25) is 5.95 Å². The summed E-state index contributed by atoms with van der Waals surface area (Å²) in [5.74, 6) is 1.37. The maximum atomic E-state index is 12.0. The molecule has 0 unspecified atom stereocenters. The molecule has 0 radical (unpaired) electrons. The Hall–Kier alpha value is -3.67. The summed E-state index contributed by atoms with van der Waals surface area (Å²) in [6.07, 6.45) is 3.13. The molecule has 6 nitrogen and oxygen atoms in total. The zero-order chi connectivity index (χ0) is 18.2. The van der Waals surface area contributed by atoms with E-state index in [9.17, 15) is 4.79 Å². The highest BCUT2D eigenvalue weighted by atomic mass is 16.5. The van der Waals surface area contributed by atoms with E-state index in [1.54, 1.807) is 12.1 Å². The van der Waals surface area contributed by atoms with Gasteiger partial charge in [-0.05, 0) is 30.3 Å². The van der Waals surface area contributed by atoms with Gasteiger partial charge in [0.15, 0.2) is 5.75 Å². The van der Waals surface area contributed by atoms with Gasteiger partial charge < -0.3 is 15.4 Å². The average Bonchev–Trinajstić information content (AvgIpc) is 2.69. The van der Waals surface area contributed by atoms with Gasteiger partial charge >= 0.3 is 0 Å². The van der Waals surface area contributed by atoms with Crippen molar-refractivity contribution in [2.75, 3.05) is 11.9 Å². The summed E-state index contributed by atoms with van der Waals surface area (Å²) in [5.41, 5.74) is 0.964. The largest absolute Gasteiger partial charge is 0.455 e. The number of benzene rings is 2. The van der Waals surface area contributed by atoms with Gasteiger partial charge in [-0.1, -0.05) is 36.4 Å². The van der Waals surface area contributed by atoms with Crippen LogP contribution in [0, 0.1) is 0 Å². The van der Waals surface area contributed by atoms with Gasteiger partial charge in [0.1, 0.15) is 11.4 Å². The first-order chi connectivity index (χ1) is 12.8. The monoisotopic (exact) mass is 346 g/mol. The normalized spacial score (nSPS) is 10.0. The number of amides is 1. The van der Waals surface area contributed by atoms with Gasteiger partial charge in [-0.15, -0.1) is 6.58 Å². The molecule has 3 aromatic rings. The molecule has 2 aromatic carbocycles. The Morgan fingerprint density at radius 2 is 1.85 bits per heavy atom. The van der Waals surface area contributed by atoms with Crippen LogP contribution in [0.1, 0.15) is 10.5 Å². The van der Waals surface area contributed by atoms with E-state index >= 15 is 0 Å². The van der Waals surface area contributed by atoms with Crippen molar-refractivity contribution in [3.8, 4) is 11.5 Å². The van der Waals surface area contributed by atoms with Crippen LogP contribution in [0.25, 0.3) is 0 Å². The lowest BCUT2D eigenvalue weighted by molar-refractivity contribution is 0.0953. The van der Waals surface area contributed by atoms with Crippen molar-refractivity contribution in [3.05, 3.63) is 85.2 Å². The Morgan fingerprint density at radius 1 is 1.08 bits per heavy atom. The number of carbonyl (C=O) groups is 1. The van der Waals surface area contributed by atoms with Gasteiger partial charge in [0.25, 0.3) is 5.91 Å². The number of rotatable bonds is 7. The zero-order valence-electron chi connectivity index (χ0n) is 14.1. The first kappa shape index (κ1) is 17.2. The van der Waals surface area contributed by atoms with Crippen LogP contribution in [0.15, 0.2) is 79.5 Å². The molecule has 130 valence electrons. The van der Waals surface area contributed by atoms with Crippen molar-refractivity contribution in [1.82, 2.24) is 15.3 Å². The lowest BCUT2D eigenvalue weighted by Crippen LogP contribution is -2.24. The van der Waals surface area contributed by atoms with Gasteiger partial charge in [0, 0.05) is 12.7 Å². The van der Waals surface area contributed by atoms with Gasteiger partial charge in [0.05, 0.1) is 5.69 Å². The molecule has 0 aliphatic heterocycles. The van der Waals surface area contributed by atoms with E-state index in [0.717, 1.165) is 5.75 Å². The summed E-state index contributed by atoms with van der Waals surface area (Å²) in [7, 11) is 0. The summed E-state index contributed by atoms with van der Waals surface area (Å²) < 4.78 is 5.90. The minimum Gasteiger partial charge on any atom is -0.455 e. The Bertz CT molecular complexity index is 897.